The molecule has 3 rings (SSSR count). The van der Waals surface area contributed by atoms with Gasteiger partial charge in [0.1, 0.15) is 5.69 Å². The van der Waals surface area contributed by atoms with Gasteiger partial charge in [-0.05, 0) is 12.1 Å². The van der Waals surface area contributed by atoms with Crippen molar-refractivity contribution in [2.24, 2.45) is 11.1 Å². The molecule has 0 bridgehead atoms. The SMILES string of the molecule is CC(Cc1nc(-c2ccc(S(N)(=O)=O)cc2)c(-c2ccccc2)o1)C(=O)O. The molecule has 1 heterocycles. The van der Waals surface area contributed by atoms with Gasteiger partial charge in [-0.15, -0.1) is 0 Å². The molecule has 0 spiro atoms. The molecule has 1 atom stereocenters. The first-order chi connectivity index (χ1) is 12.8. The fourth-order valence-corrected chi connectivity index (χ4v) is 3.10. The molecule has 3 N–H and O–H groups in total. The van der Waals surface area contributed by atoms with Gasteiger partial charge in [-0.1, -0.05) is 49.4 Å². The maximum Gasteiger partial charge on any atom is 0.306 e. The van der Waals surface area contributed by atoms with E-state index in [0.29, 0.717) is 22.9 Å². The number of hydrogen-bond donors (Lipinski definition) is 2. The first-order valence-electron chi connectivity index (χ1n) is 8.17. The minimum Gasteiger partial charge on any atom is -0.481 e. The lowest BCUT2D eigenvalue weighted by atomic mass is 10.1. The van der Waals surface area contributed by atoms with Crippen molar-refractivity contribution in [1.82, 2.24) is 4.98 Å². The summed E-state index contributed by atoms with van der Waals surface area (Å²) in [6, 6.07) is 15.3. The molecule has 0 aliphatic rings. The zero-order valence-corrected chi connectivity index (χ0v) is 15.3. The number of primary sulfonamides is 1. The molecule has 1 unspecified atom stereocenters. The minimum atomic E-state index is -3.79. The number of rotatable bonds is 6. The van der Waals surface area contributed by atoms with Crippen molar-refractivity contribution in [1.29, 1.82) is 0 Å². The molecule has 0 saturated heterocycles. The zero-order valence-electron chi connectivity index (χ0n) is 14.5. The lowest BCUT2D eigenvalue weighted by molar-refractivity contribution is -0.141. The number of carboxylic acid groups (broad SMARTS) is 1. The third-order valence-corrected chi connectivity index (χ3v) is 5.00. The van der Waals surface area contributed by atoms with Crippen LogP contribution in [-0.2, 0) is 21.2 Å². The normalized spacial score (nSPS) is 12.7. The molecule has 0 radical (unpaired) electrons. The van der Waals surface area contributed by atoms with Gasteiger partial charge in [-0.2, -0.15) is 0 Å². The van der Waals surface area contributed by atoms with Crippen molar-refractivity contribution in [3.63, 3.8) is 0 Å². The maximum atomic E-state index is 11.4. The van der Waals surface area contributed by atoms with Crippen LogP contribution < -0.4 is 5.14 Å². The van der Waals surface area contributed by atoms with Crippen LogP contribution in [0.5, 0.6) is 0 Å². The van der Waals surface area contributed by atoms with E-state index < -0.39 is 21.9 Å². The summed E-state index contributed by atoms with van der Waals surface area (Å²) in [5.74, 6) is -0.792. The van der Waals surface area contributed by atoms with E-state index in [9.17, 15) is 13.2 Å². The highest BCUT2D eigenvalue weighted by Crippen LogP contribution is 2.33. The molecule has 7 nitrogen and oxygen atoms in total. The molecule has 0 saturated carbocycles. The second-order valence-electron chi connectivity index (χ2n) is 6.16. The van der Waals surface area contributed by atoms with Crippen LogP contribution >= 0.6 is 0 Å². The molecule has 0 aliphatic carbocycles. The Morgan fingerprint density at radius 1 is 1.11 bits per heavy atom. The largest absolute Gasteiger partial charge is 0.481 e. The summed E-state index contributed by atoms with van der Waals surface area (Å²) in [4.78, 5) is 15.6. The van der Waals surface area contributed by atoms with E-state index in [0.717, 1.165) is 5.56 Å². The van der Waals surface area contributed by atoms with Crippen LogP contribution in [0.25, 0.3) is 22.6 Å². The average molecular weight is 386 g/mol. The van der Waals surface area contributed by atoms with Crippen LogP contribution in [-0.4, -0.2) is 24.5 Å². The number of aliphatic carboxylic acids is 1. The van der Waals surface area contributed by atoms with E-state index in [4.69, 9.17) is 14.7 Å². The van der Waals surface area contributed by atoms with Gasteiger partial charge < -0.3 is 9.52 Å². The van der Waals surface area contributed by atoms with Crippen LogP contribution in [0.2, 0.25) is 0 Å². The molecule has 0 fully saturated rings. The Balaban J connectivity index is 2.07. The van der Waals surface area contributed by atoms with E-state index in [-0.39, 0.29) is 11.3 Å². The molecular formula is C19H18N2O5S. The number of benzene rings is 2. The lowest BCUT2D eigenvalue weighted by Gasteiger charge is -2.03. The van der Waals surface area contributed by atoms with E-state index in [1.807, 2.05) is 30.3 Å². The summed E-state index contributed by atoms with van der Waals surface area (Å²) < 4.78 is 28.7. The number of nitrogens with zero attached hydrogens (tertiary/aromatic N) is 1. The number of carboxylic acids is 1. The summed E-state index contributed by atoms with van der Waals surface area (Å²) in [5, 5.41) is 14.3. The molecule has 2 aromatic carbocycles. The maximum absolute atomic E-state index is 11.4. The molecule has 3 aromatic rings. The Morgan fingerprint density at radius 3 is 2.30 bits per heavy atom. The molecule has 140 valence electrons. The third kappa shape index (κ3) is 4.24. The topological polar surface area (TPSA) is 123 Å². The molecule has 27 heavy (non-hydrogen) atoms. The molecule has 0 amide bonds. The smallest absolute Gasteiger partial charge is 0.306 e. The predicted molar refractivity (Wildman–Crippen MR) is 99.3 cm³/mol. The van der Waals surface area contributed by atoms with Gasteiger partial charge in [-0.25, -0.2) is 18.5 Å². The van der Waals surface area contributed by atoms with Gasteiger partial charge in [0.25, 0.3) is 0 Å². The van der Waals surface area contributed by atoms with Gasteiger partial charge in [-0.3, -0.25) is 4.79 Å². The Labute approximate surface area is 156 Å². The van der Waals surface area contributed by atoms with Crippen LogP contribution in [0.4, 0.5) is 0 Å². The summed E-state index contributed by atoms with van der Waals surface area (Å²) in [6.45, 7) is 1.58. The fraction of sp³-hybridized carbons (Fsp3) is 0.158. The van der Waals surface area contributed by atoms with Gasteiger partial charge in [0.05, 0.1) is 10.8 Å². The van der Waals surface area contributed by atoms with Crippen LogP contribution in [0, 0.1) is 5.92 Å². The Morgan fingerprint density at radius 2 is 1.74 bits per heavy atom. The summed E-state index contributed by atoms with van der Waals surface area (Å²) in [7, 11) is -3.79. The highest BCUT2D eigenvalue weighted by atomic mass is 32.2. The second-order valence-corrected chi connectivity index (χ2v) is 7.73. The number of oxazole rings is 1. The van der Waals surface area contributed by atoms with E-state index in [1.165, 1.54) is 12.1 Å². The highest BCUT2D eigenvalue weighted by Gasteiger charge is 2.21. The van der Waals surface area contributed by atoms with Crippen molar-refractivity contribution in [3.8, 4) is 22.6 Å². The second kappa shape index (κ2) is 7.34. The quantitative estimate of drug-likeness (QED) is 0.671. The number of nitrogens with two attached hydrogens (primary N) is 1. The summed E-state index contributed by atoms with van der Waals surface area (Å²) in [5.41, 5.74) is 1.93. The minimum absolute atomic E-state index is 0.00395. The van der Waals surface area contributed by atoms with Gasteiger partial charge in [0.15, 0.2) is 11.7 Å². The standard InChI is InChI=1S/C19H18N2O5S/c1-12(19(22)23)11-16-21-17(18(26-16)14-5-3-2-4-6-14)13-7-9-15(10-8-13)27(20,24)25/h2-10,12H,11H2,1H3,(H,22,23)(H2,20,24,25). The molecule has 8 heteroatoms. The Kier molecular flexibility index (Phi) is 5.11. The van der Waals surface area contributed by atoms with Crippen molar-refractivity contribution in [2.45, 2.75) is 18.2 Å². The summed E-state index contributed by atoms with van der Waals surface area (Å²) >= 11 is 0. The van der Waals surface area contributed by atoms with Crippen LogP contribution in [0.15, 0.2) is 63.9 Å². The van der Waals surface area contributed by atoms with Crippen molar-refractivity contribution >= 4 is 16.0 Å². The number of carbonyl (C=O) groups is 1. The first kappa shape index (κ1) is 18.8. The zero-order chi connectivity index (χ0) is 19.6. The highest BCUT2D eigenvalue weighted by molar-refractivity contribution is 7.89. The lowest BCUT2D eigenvalue weighted by Crippen LogP contribution is -2.12. The van der Waals surface area contributed by atoms with Crippen molar-refractivity contribution in [2.75, 3.05) is 0 Å². The van der Waals surface area contributed by atoms with Crippen molar-refractivity contribution < 1.29 is 22.7 Å². The summed E-state index contributed by atoms with van der Waals surface area (Å²) in [6.07, 6.45) is 0.143. The van der Waals surface area contributed by atoms with Crippen LogP contribution in [0.1, 0.15) is 12.8 Å². The fourth-order valence-electron chi connectivity index (χ4n) is 2.58. The first-order valence-corrected chi connectivity index (χ1v) is 9.71. The van der Waals surface area contributed by atoms with Gasteiger partial charge in [0, 0.05) is 17.5 Å². The molecule has 1 aromatic heterocycles. The van der Waals surface area contributed by atoms with Gasteiger partial charge >= 0.3 is 5.97 Å². The molecule has 0 aliphatic heterocycles. The van der Waals surface area contributed by atoms with Gasteiger partial charge in [0.2, 0.25) is 10.0 Å². The Bertz CT molecular complexity index is 1060. The van der Waals surface area contributed by atoms with E-state index >= 15 is 0 Å². The number of aromatic nitrogens is 1. The third-order valence-electron chi connectivity index (χ3n) is 4.07. The Hall–Kier alpha value is -2.97. The number of sulfonamides is 1. The molecular weight excluding hydrogens is 368 g/mol. The van der Waals surface area contributed by atoms with Crippen LogP contribution in [0.3, 0.4) is 0 Å². The predicted octanol–water partition coefficient (Wildman–Crippen LogP) is 2.92. The number of hydrogen-bond acceptors (Lipinski definition) is 5. The van der Waals surface area contributed by atoms with Crippen molar-refractivity contribution in [3.05, 3.63) is 60.5 Å². The van der Waals surface area contributed by atoms with E-state index in [2.05, 4.69) is 4.98 Å². The monoisotopic (exact) mass is 386 g/mol. The average Bonchev–Trinajstić information content (AvgIpc) is 3.05. The van der Waals surface area contributed by atoms with E-state index in [1.54, 1.807) is 19.1 Å².